The van der Waals surface area contributed by atoms with Gasteiger partial charge in [-0.3, -0.25) is 0 Å². The van der Waals surface area contributed by atoms with Crippen molar-refractivity contribution in [2.24, 2.45) is 0 Å². The quantitative estimate of drug-likeness (QED) is 0.500. The Morgan fingerprint density at radius 1 is 0.909 bits per heavy atom. The number of phenolic OH excluding ortho intramolecular Hbond substituents is 1. The molecule has 0 atom stereocenters. The van der Waals surface area contributed by atoms with Crippen LogP contribution in [0.5, 0.6) is 5.75 Å². The molecule has 1 aromatic carbocycles. The summed E-state index contributed by atoms with van der Waals surface area (Å²) in [5.74, 6) is 0.413. The highest BCUT2D eigenvalue weighted by Gasteiger charge is 2.24. The van der Waals surface area contributed by atoms with Gasteiger partial charge in [0.25, 0.3) is 0 Å². The monoisotopic (exact) mass is 305 g/mol. The van der Waals surface area contributed by atoms with Crippen LogP contribution >= 0.6 is 0 Å². The van der Waals surface area contributed by atoms with E-state index >= 15 is 0 Å². The highest BCUT2D eigenvalue weighted by molar-refractivity contribution is 5.63. The van der Waals surface area contributed by atoms with Crippen LogP contribution in [-0.4, -0.2) is 11.7 Å². The smallest absolute Gasteiger partial charge is 0.142 e. The highest BCUT2D eigenvalue weighted by atomic mass is 16.3. The normalized spacial score (nSPS) is 12.5. The van der Waals surface area contributed by atoms with Gasteiger partial charge in [-0.15, -0.1) is 0 Å². The van der Waals surface area contributed by atoms with E-state index in [1.165, 1.54) is 24.8 Å². The first-order chi connectivity index (χ1) is 10.1. The summed E-state index contributed by atoms with van der Waals surface area (Å²) in [6, 6.07) is 4.28. The van der Waals surface area contributed by atoms with Gasteiger partial charge in [0.15, 0.2) is 0 Å². The lowest BCUT2D eigenvalue weighted by atomic mass is 9.79. The lowest BCUT2D eigenvalue weighted by Crippen LogP contribution is -2.17. The molecule has 2 heteroatoms. The number of aromatic hydroxyl groups is 1. The topological polar surface area (TPSA) is 32.3 Å². The molecule has 0 radical (unpaired) electrons. The number of nitrogens with one attached hydrogen (secondary N) is 1. The molecule has 2 nitrogen and oxygen atoms in total. The number of anilines is 1. The van der Waals surface area contributed by atoms with Crippen LogP contribution in [0.25, 0.3) is 0 Å². The fourth-order valence-electron chi connectivity index (χ4n) is 2.55. The van der Waals surface area contributed by atoms with Crippen LogP contribution < -0.4 is 5.32 Å². The van der Waals surface area contributed by atoms with E-state index in [1.54, 1.807) is 0 Å². The van der Waals surface area contributed by atoms with Gasteiger partial charge in [0.05, 0.1) is 5.69 Å². The number of hydrogen-bond acceptors (Lipinski definition) is 2. The maximum Gasteiger partial charge on any atom is 0.142 e. The van der Waals surface area contributed by atoms with Gasteiger partial charge >= 0.3 is 0 Å². The van der Waals surface area contributed by atoms with E-state index in [9.17, 15) is 5.11 Å². The van der Waals surface area contributed by atoms with Crippen LogP contribution in [0.15, 0.2) is 12.1 Å². The van der Waals surface area contributed by atoms with Crippen LogP contribution in [0.4, 0.5) is 5.69 Å². The molecule has 0 spiro atoms. The predicted octanol–water partition coefficient (Wildman–Crippen LogP) is 5.98. The number of unbranched alkanes of at least 4 members (excludes halogenated alkanes) is 3. The molecule has 126 valence electrons. The summed E-state index contributed by atoms with van der Waals surface area (Å²) >= 11 is 0. The molecule has 0 heterocycles. The first-order valence-electron chi connectivity index (χ1n) is 8.69. The third-order valence-electron chi connectivity index (χ3n) is 4.13. The van der Waals surface area contributed by atoms with E-state index in [0.717, 1.165) is 24.2 Å². The summed E-state index contributed by atoms with van der Waals surface area (Å²) < 4.78 is 0. The highest BCUT2D eigenvalue weighted by Crippen LogP contribution is 2.40. The SMILES string of the molecule is CCCCCCNc1cc(C(C)(C)C)cc(C(C)(C)C)c1O. The van der Waals surface area contributed by atoms with E-state index < -0.39 is 0 Å². The van der Waals surface area contributed by atoms with Gasteiger partial charge in [0.2, 0.25) is 0 Å². The summed E-state index contributed by atoms with van der Waals surface area (Å²) in [7, 11) is 0. The molecule has 1 aromatic rings. The second kappa shape index (κ2) is 7.39. The Morgan fingerprint density at radius 3 is 2.05 bits per heavy atom. The summed E-state index contributed by atoms with van der Waals surface area (Å²) in [5.41, 5.74) is 3.19. The molecule has 2 N–H and O–H groups in total. The van der Waals surface area contributed by atoms with E-state index in [-0.39, 0.29) is 10.8 Å². The molecule has 0 fully saturated rings. The Morgan fingerprint density at radius 2 is 1.55 bits per heavy atom. The lowest BCUT2D eigenvalue weighted by Gasteiger charge is -2.27. The van der Waals surface area contributed by atoms with Crippen molar-refractivity contribution < 1.29 is 5.11 Å². The minimum absolute atomic E-state index is 0.0655. The van der Waals surface area contributed by atoms with E-state index in [4.69, 9.17) is 0 Å². The third-order valence-corrected chi connectivity index (χ3v) is 4.13. The van der Waals surface area contributed by atoms with Crippen LogP contribution in [0.1, 0.15) is 85.3 Å². The maximum atomic E-state index is 10.7. The number of hydrogen-bond donors (Lipinski definition) is 2. The average molecular weight is 306 g/mol. The van der Waals surface area contributed by atoms with Crippen LogP contribution in [0.3, 0.4) is 0 Å². The van der Waals surface area contributed by atoms with Crippen molar-refractivity contribution >= 4 is 5.69 Å². The van der Waals surface area contributed by atoms with Crippen molar-refractivity contribution in [2.75, 3.05) is 11.9 Å². The Labute approximate surface area is 137 Å². The second-order valence-corrected chi connectivity index (χ2v) is 8.41. The molecular weight excluding hydrogens is 270 g/mol. The zero-order valence-corrected chi connectivity index (χ0v) is 15.6. The summed E-state index contributed by atoms with van der Waals surface area (Å²) in [6.45, 7) is 16.3. The van der Waals surface area contributed by atoms with Crippen molar-refractivity contribution in [2.45, 2.75) is 85.0 Å². The molecule has 22 heavy (non-hydrogen) atoms. The predicted molar refractivity (Wildman–Crippen MR) is 98.1 cm³/mol. The van der Waals surface area contributed by atoms with Crippen LogP contribution in [0, 0.1) is 0 Å². The first-order valence-corrected chi connectivity index (χ1v) is 8.69. The zero-order chi connectivity index (χ0) is 17.0. The molecule has 1 rings (SSSR count). The zero-order valence-electron chi connectivity index (χ0n) is 15.6. The minimum atomic E-state index is -0.0655. The van der Waals surface area contributed by atoms with Gasteiger partial charge in [-0.1, -0.05) is 73.8 Å². The van der Waals surface area contributed by atoms with Gasteiger partial charge < -0.3 is 10.4 Å². The van der Waals surface area contributed by atoms with Crippen LogP contribution in [0.2, 0.25) is 0 Å². The van der Waals surface area contributed by atoms with Crippen LogP contribution in [-0.2, 0) is 10.8 Å². The van der Waals surface area contributed by atoms with Crippen molar-refractivity contribution in [1.82, 2.24) is 0 Å². The molecule has 0 amide bonds. The number of rotatable bonds is 6. The third kappa shape index (κ3) is 5.23. The Kier molecular flexibility index (Phi) is 6.34. The molecule has 0 saturated heterocycles. The van der Waals surface area contributed by atoms with E-state index in [1.807, 2.05) is 0 Å². The van der Waals surface area contributed by atoms with E-state index in [2.05, 4.69) is 65.9 Å². The summed E-state index contributed by atoms with van der Waals surface area (Å²) in [4.78, 5) is 0. The molecule has 0 unspecified atom stereocenters. The lowest BCUT2D eigenvalue weighted by molar-refractivity contribution is 0.446. The van der Waals surface area contributed by atoms with Crippen molar-refractivity contribution in [3.8, 4) is 5.75 Å². The average Bonchev–Trinajstić information content (AvgIpc) is 2.37. The minimum Gasteiger partial charge on any atom is -0.505 e. The summed E-state index contributed by atoms with van der Waals surface area (Å²) in [5, 5.41) is 14.1. The molecular formula is C20H35NO. The molecule has 0 saturated carbocycles. The van der Waals surface area contributed by atoms with E-state index in [0.29, 0.717) is 5.75 Å². The number of benzene rings is 1. The second-order valence-electron chi connectivity index (χ2n) is 8.41. The fraction of sp³-hybridized carbons (Fsp3) is 0.700. The Hall–Kier alpha value is -1.18. The van der Waals surface area contributed by atoms with Crippen molar-refractivity contribution in [3.05, 3.63) is 23.3 Å². The van der Waals surface area contributed by atoms with Gasteiger partial charge in [-0.05, 0) is 28.9 Å². The van der Waals surface area contributed by atoms with Gasteiger partial charge in [0.1, 0.15) is 5.75 Å². The fourth-order valence-corrected chi connectivity index (χ4v) is 2.55. The van der Waals surface area contributed by atoms with Gasteiger partial charge in [0, 0.05) is 12.1 Å². The Balaban J connectivity index is 3.04. The van der Waals surface area contributed by atoms with Gasteiger partial charge in [-0.2, -0.15) is 0 Å². The molecule has 0 aliphatic carbocycles. The Bertz CT molecular complexity index is 478. The summed E-state index contributed by atoms with van der Waals surface area (Å²) in [6.07, 6.45) is 4.93. The molecule has 0 aromatic heterocycles. The molecule has 0 aliphatic rings. The van der Waals surface area contributed by atoms with Gasteiger partial charge in [-0.25, -0.2) is 0 Å². The molecule has 0 aliphatic heterocycles. The standard InChI is InChI=1S/C20H35NO/c1-8-9-10-11-12-21-17-14-15(19(2,3)4)13-16(18(17)22)20(5,6)7/h13-14,21-22H,8-12H2,1-7H3. The van der Waals surface area contributed by atoms with Crippen molar-refractivity contribution in [1.29, 1.82) is 0 Å². The molecule has 0 bridgehead atoms. The number of phenols is 1. The maximum absolute atomic E-state index is 10.7. The van der Waals surface area contributed by atoms with Crippen molar-refractivity contribution in [3.63, 3.8) is 0 Å². The first kappa shape index (κ1) is 18.9. The largest absolute Gasteiger partial charge is 0.505 e.